The highest BCUT2D eigenvalue weighted by Gasteiger charge is 2.15. The molecule has 0 unspecified atom stereocenters. The van der Waals surface area contributed by atoms with Crippen molar-refractivity contribution in [1.29, 1.82) is 0 Å². The number of ether oxygens (including phenoxy) is 3. The van der Waals surface area contributed by atoms with Crippen LogP contribution in [0.3, 0.4) is 0 Å². The van der Waals surface area contributed by atoms with Gasteiger partial charge in [0.05, 0.1) is 13.2 Å². The highest BCUT2D eigenvalue weighted by molar-refractivity contribution is 5.47. The van der Waals surface area contributed by atoms with Crippen LogP contribution in [0.15, 0.2) is 97.2 Å². The molecule has 37 heavy (non-hydrogen) atoms. The summed E-state index contributed by atoms with van der Waals surface area (Å²) < 4.78 is 17.9. The molecule has 1 aromatic heterocycles. The number of benzene rings is 3. The van der Waals surface area contributed by atoms with E-state index in [2.05, 4.69) is 57.7 Å². The van der Waals surface area contributed by atoms with Crippen molar-refractivity contribution in [2.75, 3.05) is 31.2 Å². The smallest absolute Gasteiger partial charge is 0.162 e. The summed E-state index contributed by atoms with van der Waals surface area (Å²) in [5.41, 5.74) is 4.56. The average Bonchev–Trinajstić information content (AvgIpc) is 2.97. The molecule has 0 bridgehead atoms. The lowest BCUT2D eigenvalue weighted by Gasteiger charge is -2.29. The standard InChI is InChI=1S/C31H33N3O3/c1-3-8-25(9-4-1)23-36-29-14-13-27(20-30(29)37-24-26-10-5-2-6-11-26)21-32-22-28-12-7-15-33-31(28)34-16-18-35-19-17-34/h1-15,20,32H,16-19,21-24H2. The quantitative estimate of drug-likeness (QED) is 0.302. The maximum atomic E-state index is 6.23. The van der Waals surface area contributed by atoms with E-state index in [-0.39, 0.29) is 0 Å². The predicted molar refractivity (Wildman–Crippen MR) is 146 cm³/mol. The van der Waals surface area contributed by atoms with Crippen molar-refractivity contribution in [1.82, 2.24) is 10.3 Å². The number of hydrogen-bond donors (Lipinski definition) is 1. The molecule has 190 valence electrons. The first-order valence-electron chi connectivity index (χ1n) is 12.8. The lowest BCUT2D eigenvalue weighted by Crippen LogP contribution is -2.37. The number of rotatable bonds is 11. The van der Waals surface area contributed by atoms with Gasteiger partial charge in [-0.15, -0.1) is 0 Å². The maximum absolute atomic E-state index is 6.23. The molecule has 0 atom stereocenters. The summed E-state index contributed by atoms with van der Waals surface area (Å²) in [6.07, 6.45) is 1.86. The molecule has 1 aliphatic heterocycles. The van der Waals surface area contributed by atoms with Gasteiger partial charge < -0.3 is 24.4 Å². The minimum absolute atomic E-state index is 0.484. The molecule has 1 fully saturated rings. The number of aromatic nitrogens is 1. The van der Waals surface area contributed by atoms with E-state index in [4.69, 9.17) is 14.2 Å². The third-order valence-corrected chi connectivity index (χ3v) is 6.31. The van der Waals surface area contributed by atoms with Gasteiger partial charge in [0.1, 0.15) is 19.0 Å². The van der Waals surface area contributed by atoms with Crippen molar-refractivity contribution in [2.24, 2.45) is 0 Å². The highest BCUT2D eigenvalue weighted by atomic mass is 16.5. The monoisotopic (exact) mass is 495 g/mol. The Hall–Kier alpha value is -3.87. The Bertz CT molecular complexity index is 1250. The van der Waals surface area contributed by atoms with Gasteiger partial charge in [-0.1, -0.05) is 72.8 Å². The van der Waals surface area contributed by atoms with Gasteiger partial charge in [-0.2, -0.15) is 0 Å². The molecular formula is C31H33N3O3. The first kappa shape index (κ1) is 24.8. The summed E-state index contributed by atoms with van der Waals surface area (Å²) in [5, 5.41) is 3.58. The van der Waals surface area contributed by atoms with Crippen LogP contribution in [-0.2, 0) is 31.0 Å². The highest BCUT2D eigenvalue weighted by Crippen LogP contribution is 2.30. The van der Waals surface area contributed by atoms with Crippen molar-refractivity contribution < 1.29 is 14.2 Å². The van der Waals surface area contributed by atoms with Crippen molar-refractivity contribution in [3.8, 4) is 11.5 Å². The molecule has 6 heteroatoms. The summed E-state index contributed by atoms with van der Waals surface area (Å²) in [6.45, 7) is 5.64. The Morgan fingerprint density at radius 2 is 1.38 bits per heavy atom. The second kappa shape index (κ2) is 12.9. The molecule has 1 saturated heterocycles. The molecule has 0 radical (unpaired) electrons. The number of anilines is 1. The zero-order valence-corrected chi connectivity index (χ0v) is 21.0. The van der Waals surface area contributed by atoms with Crippen LogP contribution in [-0.4, -0.2) is 31.3 Å². The lowest BCUT2D eigenvalue weighted by atomic mass is 10.1. The van der Waals surface area contributed by atoms with Crippen molar-refractivity contribution in [3.63, 3.8) is 0 Å². The molecule has 6 nitrogen and oxygen atoms in total. The van der Waals surface area contributed by atoms with E-state index in [0.717, 1.165) is 66.9 Å². The molecule has 2 heterocycles. The molecular weight excluding hydrogens is 462 g/mol. The molecule has 3 aromatic carbocycles. The van der Waals surface area contributed by atoms with Gasteiger partial charge in [0.2, 0.25) is 0 Å². The summed E-state index contributed by atoms with van der Waals surface area (Å²) in [4.78, 5) is 6.95. The first-order valence-corrected chi connectivity index (χ1v) is 12.8. The molecule has 0 amide bonds. The minimum atomic E-state index is 0.484. The Balaban J connectivity index is 1.25. The third kappa shape index (κ3) is 7.09. The van der Waals surface area contributed by atoms with Gasteiger partial charge in [-0.25, -0.2) is 4.98 Å². The van der Waals surface area contributed by atoms with Gasteiger partial charge in [0.15, 0.2) is 11.5 Å². The molecule has 0 aliphatic carbocycles. The normalized spacial score (nSPS) is 13.4. The predicted octanol–water partition coefficient (Wildman–Crippen LogP) is 5.37. The molecule has 0 saturated carbocycles. The summed E-state index contributed by atoms with van der Waals surface area (Å²) >= 11 is 0. The van der Waals surface area contributed by atoms with E-state index in [0.29, 0.717) is 19.8 Å². The summed E-state index contributed by atoms with van der Waals surface area (Å²) in [5.74, 6) is 2.52. The van der Waals surface area contributed by atoms with E-state index < -0.39 is 0 Å². The van der Waals surface area contributed by atoms with E-state index in [1.54, 1.807) is 0 Å². The molecule has 0 spiro atoms. The van der Waals surface area contributed by atoms with Gasteiger partial charge in [0.25, 0.3) is 0 Å². The fourth-order valence-electron chi connectivity index (χ4n) is 4.33. The number of nitrogens with zero attached hydrogens (tertiary/aromatic N) is 2. The molecule has 4 aromatic rings. The van der Waals surface area contributed by atoms with Gasteiger partial charge in [0, 0.05) is 37.9 Å². The maximum Gasteiger partial charge on any atom is 0.162 e. The van der Waals surface area contributed by atoms with Crippen LogP contribution in [0, 0.1) is 0 Å². The van der Waals surface area contributed by atoms with Crippen LogP contribution in [0.5, 0.6) is 11.5 Å². The molecule has 1 aliphatic rings. The second-order valence-corrected chi connectivity index (χ2v) is 9.02. The Morgan fingerprint density at radius 3 is 2.08 bits per heavy atom. The van der Waals surface area contributed by atoms with Crippen LogP contribution in [0.25, 0.3) is 0 Å². The van der Waals surface area contributed by atoms with Crippen molar-refractivity contribution in [2.45, 2.75) is 26.3 Å². The SMILES string of the molecule is c1ccc(COc2ccc(CNCc3cccnc3N3CCOCC3)cc2OCc2ccccc2)cc1. The number of pyridine rings is 1. The largest absolute Gasteiger partial charge is 0.485 e. The molecule has 1 N–H and O–H groups in total. The summed E-state index contributed by atoms with van der Waals surface area (Å²) in [6, 6.07) is 30.7. The Labute approximate surface area is 218 Å². The van der Waals surface area contributed by atoms with E-state index >= 15 is 0 Å². The Kier molecular flexibility index (Phi) is 8.65. The van der Waals surface area contributed by atoms with Crippen LogP contribution in [0.2, 0.25) is 0 Å². The fraction of sp³-hybridized carbons (Fsp3) is 0.258. The van der Waals surface area contributed by atoms with E-state index in [9.17, 15) is 0 Å². The van der Waals surface area contributed by atoms with E-state index in [1.165, 1.54) is 5.56 Å². The Morgan fingerprint density at radius 1 is 0.703 bits per heavy atom. The van der Waals surface area contributed by atoms with Crippen LogP contribution >= 0.6 is 0 Å². The summed E-state index contributed by atoms with van der Waals surface area (Å²) in [7, 11) is 0. The van der Waals surface area contributed by atoms with Crippen LogP contribution in [0.4, 0.5) is 5.82 Å². The minimum Gasteiger partial charge on any atom is -0.485 e. The second-order valence-electron chi connectivity index (χ2n) is 9.02. The van der Waals surface area contributed by atoms with Gasteiger partial charge in [-0.05, 0) is 34.9 Å². The van der Waals surface area contributed by atoms with Crippen LogP contribution < -0.4 is 19.7 Å². The van der Waals surface area contributed by atoms with Crippen LogP contribution in [0.1, 0.15) is 22.3 Å². The van der Waals surface area contributed by atoms with Gasteiger partial charge in [-0.3, -0.25) is 0 Å². The topological polar surface area (TPSA) is 55.9 Å². The van der Waals surface area contributed by atoms with Crippen molar-refractivity contribution in [3.05, 3.63) is 119 Å². The average molecular weight is 496 g/mol. The zero-order valence-electron chi connectivity index (χ0n) is 21.0. The fourth-order valence-corrected chi connectivity index (χ4v) is 4.33. The van der Waals surface area contributed by atoms with Gasteiger partial charge >= 0.3 is 0 Å². The third-order valence-electron chi connectivity index (χ3n) is 6.31. The molecule has 5 rings (SSSR count). The van der Waals surface area contributed by atoms with Crippen molar-refractivity contribution >= 4 is 5.82 Å². The first-order chi connectivity index (χ1) is 18.3. The zero-order chi connectivity index (χ0) is 25.1. The van der Waals surface area contributed by atoms with E-state index in [1.807, 2.05) is 54.7 Å². The lowest BCUT2D eigenvalue weighted by molar-refractivity contribution is 0.122. The number of morpholine rings is 1. The number of hydrogen-bond acceptors (Lipinski definition) is 6. The number of nitrogens with one attached hydrogen (secondary N) is 1.